The largest absolute Gasteiger partial charge is 0.302 e. The van der Waals surface area contributed by atoms with E-state index in [9.17, 15) is 4.79 Å². The molecule has 1 aliphatic carbocycles. The normalized spacial score (nSPS) is 13.4. The van der Waals surface area contributed by atoms with Crippen molar-refractivity contribution in [3.63, 3.8) is 0 Å². The summed E-state index contributed by atoms with van der Waals surface area (Å²) in [5, 5.41) is 7.75. The van der Waals surface area contributed by atoms with Gasteiger partial charge in [0.25, 0.3) is 0 Å². The number of hydrogen-bond acceptors (Lipinski definition) is 4. The monoisotopic (exact) mass is 382 g/mol. The van der Waals surface area contributed by atoms with E-state index in [2.05, 4.69) is 46.0 Å². The Morgan fingerprint density at radius 2 is 2.00 bits per heavy atom. The highest BCUT2D eigenvalue weighted by Gasteiger charge is 2.12. The Morgan fingerprint density at radius 1 is 1.12 bits per heavy atom. The van der Waals surface area contributed by atoms with Crippen LogP contribution in [0, 0.1) is 0 Å². The van der Waals surface area contributed by atoms with E-state index in [1.807, 2.05) is 5.38 Å². The number of nitrogens with one attached hydrogen (secondary N) is 1. The second-order valence-corrected chi connectivity index (χ2v) is 8.60. The van der Waals surface area contributed by atoms with Crippen LogP contribution < -0.4 is 5.32 Å². The molecule has 0 radical (unpaired) electrons. The summed E-state index contributed by atoms with van der Waals surface area (Å²) in [6.45, 7) is 0. The minimum absolute atomic E-state index is 0.0490. The smallest absolute Gasteiger partial charge is 0.226 e. The summed E-state index contributed by atoms with van der Waals surface area (Å²) in [6, 6.07) is 10.8. The second kappa shape index (κ2) is 8.14. The zero-order chi connectivity index (χ0) is 17.8. The molecule has 4 rings (SSSR count). The number of rotatable bonds is 6. The van der Waals surface area contributed by atoms with Crippen molar-refractivity contribution in [3.05, 3.63) is 57.1 Å². The lowest BCUT2D eigenvalue weighted by Gasteiger charge is -2.16. The fourth-order valence-corrected chi connectivity index (χ4v) is 4.90. The van der Waals surface area contributed by atoms with Crippen molar-refractivity contribution in [1.29, 1.82) is 0 Å². The molecule has 0 atom stereocenters. The maximum Gasteiger partial charge on any atom is 0.226 e. The maximum absolute atomic E-state index is 12.1. The SMILES string of the molecule is O=C(CCCc1cccs1)Nc1nc(-c2ccc3c(c2)CCCC3)cs1. The van der Waals surface area contributed by atoms with Gasteiger partial charge in [0, 0.05) is 22.2 Å². The zero-order valence-electron chi connectivity index (χ0n) is 14.7. The molecule has 1 N–H and O–H groups in total. The van der Waals surface area contributed by atoms with E-state index < -0.39 is 0 Å². The average Bonchev–Trinajstić information content (AvgIpc) is 3.33. The summed E-state index contributed by atoms with van der Waals surface area (Å²) in [5.74, 6) is 0.0490. The van der Waals surface area contributed by atoms with Gasteiger partial charge in [-0.1, -0.05) is 18.2 Å². The summed E-state index contributed by atoms with van der Waals surface area (Å²) < 4.78 is 0. The molecule has 1 aromatic carbocycles. The number of aromatic nitrogens is 1. The van der Waals surface area contributed by atoms with E-state index in [4.69, 9.17) is 0 Å². The first-order valence-corrected chi connectivity index (χ1v) is 10.9. The molecule has 2 heterocycles. The van der Waals surface area contributed by atoms with Gasteiger partial charge in [0.2, 0.25) is 5.91 Å². The topological polar surface area (TPSA) is 42.0 Å². The van der Waals surface area contributed by atoms with Crippen molar-refractivity contribution >= 4 is 33.7 Å². The standard InChI is InChI=1S/C21H22N2OS2/c24-20(9-3-7-18-8-4-12-25-18)23-21-22-19(14-26-21)17-11-10-15-5-1-2-6-16(15)13-17/h4,8,10-14H,1-3,5-7,9H2,(H,22,23,24). The highest BCUT2D eigenvalue weighted by atomic mass is 32.1. The van der Waals surface area contributed by atoms with Crippen LogP contribution in [0.3, 0.4) is 0 Å². The van der Waals surface area contributed by atoms with Gasteiger partial charge in [0.1, 0.15) is 0 Å². The summed E-state index contributed by atoms with van der Waals surface area (Å²) in [6.07, 6.45) is 7.30. The lowest BCUT2D eigenvalue weighted by molar-refractivity contribution is -0.116. The summed E-state index contributed by atoms with van der Waals surface area (Å²) >= 11 is 3.25. The van der Waals surface area contributed by atoms with Crippen molar-refractivity contribution in [2.24, 2.45) is 0 Å². The highest BCUT2D eigenvalue weighted by Crippen LogP contribution is 2.29. The van der Waals surface area contributed by atoms with Crippen LogP contribution in [0.15, 0.2) is 41.1 Å². The molecule has 0 saturated heterocycles. The molecular formula is C21H22N2OS2. The number of anilines is 1. The number of thiophene rings is 1. The van der Waals surface area contributed by atoms with Gasteiger partial charge in [-0.2, -0.15) is 0 Å². The minimum Gasteiger partial charge on any atom is -0.302 e. The third-order valence-corrected chi connectivity index (χ3v) is 6.50. The van der Waals surface area contributed by atoms with E-state index in [0.717, 1.165) is 24.1 Å². The van der Waals surface area contributed by atoms with Gasteiger partial charge in [-0.15, -0.1) is 22.7 Å². The molecule has 26 heavy (non-hydrogen) atoms. The van der Waals surface area contributed by atoms with Crippen LogP contribution >= 0.6 is 22.7 Å². The van der Waals surface area contributed by atoms with Crippen LogP contribution in [-0.4, -0.2) is 10.9 Å². The lowest BCUT2D eigenvalue weighted by Crippen LogP contribution is -2.11. The molecule has 0 aliphatic heterocycles. The van der Waals surface area contributed by atoms with Gasteiger partial charge in [-0.3, -0.25) is 4.79 Å². The molecule has 5 heteroatoms. The number of aryl methyl sites for hydroxylation is 3. The van der Waals surface area contributed by atoms with E-state index in [1.54, 1.807) is 11.3 Å². The van der Waals surface area contributed by atoms with Gasteiger partial charge in [-0.05, 0) is 67.2 Å². The van der Waals surface area contributed by atoms with Gasteiger partial charge in [0.05, 0.1) is 5.69 Å². The van der Waals surface area contributed by atoms with E-state index in [1.165, 1.54) is 53.0 Å². The highest BCUT2D eigenvalue weighted by molar-refractivity contribution is 7.14. The minimum atomic E-state index is 0.0490. The van der Waals surface area contributed by atoms with Crippen molar-refractivity contribution < 1.29 is 4.79 Å². The Hall–Kier alpha value is -1.98. The first-order valence-electron chi connectivity index (χ1n) is 9.18. The molecule has 1 aliphatic rings. The zero-order valence-corrected chi connectivity index (χ0v) is 16.3. The van der Waals surface area contributed by atoms with Crippen LogP contribution in [-0.2, 0) is 24.1 Å². The predicted octanol–water partition coefficient (Wildman–Crippen LogP) is 5.71. The van der Waals surface area contributed by atoms with Crippen molar-refractivity contribution in [2.45, 2.75) is 44.9 Å². The molecular weight excluding hydrogens is 360 g/mol. The van der Waals surface area contributed by atoms with Gasteiger partial charge >= 0.3 is 0 Å². The van der Waals surface area contributed by atoms with E-state index in [0.29, 0.717) is 11.6 Å². The van der Waals surface area contributed by atoms with E-state index in [-0.39, 0.29) is 5.91 Å². The molecule has 0 saturated carbocycles. The van der Waals surface area contributed by atoms with Crippen molar-refractivity contribution in [3.8, 4) is 11.3 Å². The van der Waals surface area contributed by atoms with Gasteiger partial charge < -0.3 is 5.32 Å². The van der Waals surface area contributed by atoms with Crippen LogP contribution in [0.25, 0.3) is 11.3 Å². The number of benzene rings is 1. The molecule has 0 bridgehead atoms. The predicted molar refractivity (Wildman–Crippen MR) is 110 cm³/mol. The number of carbonyl (C=O) groups is 1. The molecule has 3 aromatic rings. The number of amides is 1. The van der Waals surface area contributed by atoms with Crippen LogP contribution in [0.2, 0.25) is 0 Å². The lowest BCUT2D eigenvalue weighted by atomic mass is 9.90. The molecule has 0 unspecified atom stereocenters. The molecule has 0 spiro atoms. The quantitative estimate of drug-likeness (QED) is 0.593. The van der Waals surface area contributed by atoms with Crippen LogP contribution in [0.1, 0.15) is 41.7 Å². The second-order valence-electron chi connectivity index (χ2n) is 6.71. The Bertz CT molecular complexity index is 883. The summed E-state index contributed by atoms with van der Waals surface area (Å²) in [4.78, 5) is 18.1. The Kier molecular flexibility index (Phi) is 5.46. The first-order chi connectivity index (χ1) is 12.8. The Morgan fingerprint density at radius 3 is 2.85 bits per heavy atom. The van der Waals surface area contributed by atoms with E-state index >= 15 is 0 Å². The Labute approximate surface area is 162 Å². The van der Waals surface area contributed by atoms with Gasteiger partial charge in [0.15, 0.2) is 5.13 Å². The number of carbonyl (C=O) groups excluding carboxylic acids is 1. The number of fused-ring (bicyclic) bond motifs is 1. The molecule has 3 nitrogen and oxygen atoms in total. The van der Waals surface area contributed by atoms with Crippen LogP contribution in [0.4, 0.5) is 5.13 Å². The molecule has 2 aromatic heterocycles. The Balaban J connectivity index is 1.34. The molecule has 1 amide bonds. The van der Waals surface area contributed by atoms with Crippen molar-refractivity contribution in [2.75, 3.05) is 5.32 Å². The number of hydrogen-bond donors (Lipinski definition) is 1. The fourth-order valence-electron chi connectivity index (χ4n) is 3.42. The number of nitrogens with zero attached hydrogens (tertiary/aromatic N) is 1. The first kappa shape index (κ1) is 17.4. The molecule has 0 fully saturated rings. The van der Waals surface area contributed by atoms with Gasteiger partial charge in [-0.25, -0.2) is 4.98 Å². The third-order valence-electron chi connectivity index (χ3n) is 4.80. The van der Waals surface area contributed by atoms with Crippen molar-refractivity contribution in [1.82, 2.24) is 4.98 Å². The average molecular weight is 383 g/mol. The van der Waals surface area contributed by atoms with Crippen LogP contribution in [0.5, 0.6) is 0 Å². The summed E-state index contributed by atoms with van der Waals surface area (Å²) in [5.41, 5.74) is 5.05. The maximum atomic E-state index is 12.1. The summed E-state index contributed by atoms with van der Waals surface area (Å²) in [7, 11) is 0. The molecule has 134 valence electrons. The third kappa shape index (κ3) is 4.22. The number of thiazole rings is 1. The fraction of sp³-hybridized carbons (Fsp3) is 0.333.